The number of aromatic nitrogens is 3. The molecule has 160 valence electrons. The second-order valence-electron chi connectivity index (χ2n) is 9.08. The van der Waals surface area contributed by atoms with Crippen LogP contribution in [0.3, 0.4) is 0 Å². The number of rotatable bonds is 4. The van der Waals surface area contributed by atoms with Crippen molar-refractivity contribution in [2.24, 2.45) is 5.92 Å². The number of nitrogens with zero attached hydrogens (tertiary/aromatic N) is 4. The van der Waals surface area contributed by atoms with E-state index in [0.29, 0.717) is 6.54 Å². The maximum atomic E-state index is 13.1. The fraction of sp³-hybridized carbons (Fsp3) is 0.609. The number of piperidine rings is 1. The number of likely N-dealkylation sites (tertiary alicyclic amines) is 1. The van der Waals surface area contributed by atoms with Crippen LogP contribution in [0.25, 0.3) is 0 Å². The third kappa shape index (κ3) is 3.76. The molecule has 1 aliphatic carbocycles. The SMILES string of the molecule is Cc1ncccc1NC(=O)[C@@H]1Cn2ccnc2C2(CCN(CC3CCCC3)CC2)O1. The monoisotopic (exact) mass is 409 g/mol. The fourth-order valence-electron chi connectivity index (χ4n) is 5.36. The topological polar surface area (TPSA) is 72.3 Å². The lowest BCUT2D eigenvalue weighted by molar-refractivity contribution is -0.170. The normalized spacial score (nSPS) is 24.1. The number of imidazole rings is 1. The molecule has 5 rings (SSSR count). The molecule has 1 saturated carbocycles. The van der Waals surface area contributed by atoms with Gasteiger partial charge in [-0.25, -0.2) is 4.98 Å². The zero-order valence-corrected chi connectivity index (χ0v) is 17.7. The van der Waals surface area contributed by atoms with Crippen LogP contribution in [0.1, 0.15) is 50.0 Å². The number of hydrogen-bond acceptors (Lipinski definition) is 5. The van der Waals surface area contributed by atoms with Crippen molar-refractivity contribution in [1.29, 1.82) is 0 Å². The molecule has 1 spiro atoms. The fourth-order valence-corrected chi connectivity index (χ4v) is 5.36. The van der Waals surface area contributed by atoms with Crippen LogP contribution in [0.15, 0.2) is 30.7 Å². The lowest BCUT2D eigenvalue weighted by Crippen LogP contribution is -2.53. The molecule has 1 N–H and O–H groups in total. The van der Waals surface area contributed by atoms with Crippen LogP contribution in [0.4, 0.5) is 5.69 Å². The second kappa shape index (κ2) is 8.12. The molecule has 2 aromatic heterocycles. The Hall–Kier alpha value is -2.25. The predicted octanol–water partition coefficient (Wildman–Crippen LogP) is 3.11. The molecular weight excluding hydrogens is 378 g/mol. The first-order valence-electron chi connectivity index (χ1n) is 11.3. The Kier molecular flexibility index (Phi) is 5.33. The molecule has 2 fully saturated rings. The molecule has 1 amide bonds. The highest BCUT2D eigenvalue weighted by atomic mass is 16.5. The van der Waals surface area contributed by atoms with Crippen LogP contribution < -0.4 is 5.32 Å². The van der Waals surface area contributed by atoms with Crippen LogP contribution in [0.5, 0.6) is 0 Å². The van der Waals surface area contributed by atoms with E-state index in [9.17, 15) is 4.79 Å². The Morgan fingerprint density at radius 1 is 1.23 bits per heavy atom. The summed E-state index contributed by atoms with van der Waals surface area (Å²) in [5.41, 5.74) is 1.07. The summed E-state index contributed by atoms with van der Waals surface area (Å²) in [5.74, 6) is 1.72. The molecule has 0 aromatic carbocycles. The van der Waals surface area contributed by atoms with Gasteiger partial charge in [0.2, 0.25) is 0 Å². The number of carbonyl (C=O) groups is 1. The van der Waals surface area contributed by atoms with E-state index < -0.39 is 11.7 Å². The smallest absolute Gasteiger partial charge is 0.255 e. The van der Waals surface area contributed by atoms with E-state index in [1.54, 1.807) is 6.20 Å². The molecule has 1 saturated heterocycles. The minimum absolute atomic E-state index is 0.113. The minimum Gasteiger partial charge on any atom is -0.352 e. The van der Waals surface area contributed by atoms with E-state index >= 15 is 0 Å². The summed E-state index contributed by atoms with van der Waals surface area (Å²) in [6, 6.07) is 3.71. The van der Waals surface area contributed by atoms with Gasteiger partial charge in [-0.05, 0) is 50.7 Å². The molecule has 7 nitrogen and oxygen atoms in total. The highest BCUT2D eigenvalue weighted by Crippen LogP contribution is 2.41. The molecule has 0 bridgehead atoms. The van der Waals surface area contributed by atoms with Crippen LogP contribution in [0, 0.1) is 12.8 Å². The molecule has 0 radical (unpaired) electrons. The van der Waals surface area contributed by atoms with Gasteiger partial charge < -0.3 is 19.5 Å². The van der Waals surface area contributed by atoms with Crippen molar-refractivity contribution in [1.82, 2.24) is 19.4 Å². The van der Waals surface area contributed by atoms with Crippen LogP contribution in [0.2, 0.25) is 0 Å². The molecule has 30 heavy (non-hydrogen) atoms. The highest BCUT2D eigenvalue weighted by molar-refractivity contribution is 5.94. The number of ether oxygens (including phenoxy) is 1. The van der Waals surface area contributed by atoms with Gasteiger partial charge in [0, 0.05) is 38.2 Å². The van der Waals surface area contributed by atoms with Gasteiger partial charge in [0.1, 0.15) is 11.4 Å². The summed E-state index contributed by atoms with van der Waals surface area (Å²) in [6.07, 6.45) is 12.3. The Balaban J connectivity index is 1.29. The average Bonchev–Trinajstić information content (AvgIpc) is 3.44. The number of carbonyl (C=O) groups excluding carboxylic acids is 1. The number of fused-ring (bicyclic) bond motifs is 2. The van der Waals surface area contributed by atoms with E-state index in [1.807, 2.05) is 31.5 Å². The molecule has 2 aliphatic heterocycles. The third-order valence-corrected chi connectivity index (χ3v) is 7.07. The lowest BCUT2D eigenvalue weighted by Gasteiger charge is -2.46. The number of nitrogens with one attached hydrogen (secondary N) is 1. The Labute approximate surface area is 177 Å². The molecule has 4 heterocycles. The largest absolute Gasteiger partial charge is 0.352 e. The first-order chi connectivity index (χ1) is 14.6. The van der Waals surface area contributed by atoms with Crippen molar-refractivity contribution in [3.8, 4) is 0 Å². The van der Waals surface area contributed by atoms with Crippen LogP contribution in [-0.2, 0) is 21.7 Å². The van der Waals surface area contributed by atoms with Gasteiger partial charge in [0.25, 0.3) is 5.91 Å². The molecule has 1 atom stereocenters. The van der Waals surface area contributed by atoms with Crippen molar-refractivity contribution >= 4 is 11.6 Å². The van der Waals surface area contributed by atoms with E-state index in [-0.39, 0.29) is 5.91 Å². The van der Waals surface area contributed by atoms with E-state index in [2.05, 4.69) is 24.8 Å². The Morgan fingerprint density at radius 2 is 2.03 bits per heavy atom. The number of pyridine rings is 1. The number of aryl methyl sites for hydroxylation is 1. The second-order valence-corrected chi connectivity index (χ2v) is 9.08. The summed E-state index contributed by atoms with van der Waals surface area (Å²) in [6.45, 7) is 5.59. The summed E-state index contributed by atoms with van der Waals surface area (Å²) in [4.78, 5) is 24.5. The predicted molar refractivity (Wildman–Crippen MR) is 114 cm³/mol. The first kappa shape index (κ1) is 19.7. The van der Waals surface area contributed by atoms with E-state index in [4.69, 9.17) is 4.74 Å². The van der Waals surface area contributed by atoms with Crippen LogP contribution in [-0.4, -0.2) is 51.1 Å². The molecule has 0 unspecified atom stereocenters. The quantitative estimate of drug-likeness (QED) is 0.840. The van der Waals surface area contributed by atoms with Crippen molar-refractivity contribution in [3.05, 3.63) is 42.2 Å². The van der Waals surface area contributed by atoms with Crippen molar-refractivity contribution in [2.45, 2.75) is 63.7 Å². The summed E-state index contributed by atoms with van der Waals surface area (Å²) < 4.78 is 8.66. The van der Waals surface area contributed by atoms with Gasteiger partial charge in [0.05, 0.1) is 17.9 Å². The zero-order chi connectivity index (χ0) is 20.6. The van der Waals surface area contributed by atoms with Crippen LogP contribution >= 0.6 is 0 Å². The zero-order valence-electron chi connectivity index (χ0n) is 17.7. The van der Waals surface area contributed by atoms with E-state index in [0.717, 1.165) is 49.1 Å². The van der Waals surface area contributed by atoms with Gasteiger partial charge in [-0.15, -0.1) is 0 Å². The van der Waals surface area contributed by atoms with Gasteiger partial charge in [-0.1, -0.05) is 12.8 Å². The van der Waals surface area contributed by atoms with Gasteiger partial charge in [0.15, 0.2) is 6.10 Å². The van der Waals surface area contributed by atoms with Gasteiger partial charge in [-0.2, -0.15) is 0 Å². The molecular formula is C23H31N5O2. The summed E-state index contributed by atoms with van der Waals surface area (Å²) in [5, 5.41) is 3.01. The maximum absolute atomic E-state index is 13.1. The standard InChI is InChI=1S/C23H31N5O2/c1-17-19(7-4-10-24-17)26-21(29)20-16-28-14-11-25-22(28)23(30-20)8-12-27(13-9-23)15-18-5-2-3-6-18/h4,7,10-11,14,18,20H,2-3,5-6,8-9,12-13,15-16H2,1H3,(H,26,29)/t20-/m0/s1. The van der Waals surface area contributed by atoms with Crippen molar-refractivity contribution < 1.29 is 9.53 Å². The number of amides is 1. The Bertz CT molecular complexity index is 897. The van der Waals surface area contributed by atoms with Gasteiger partial charge >= 0.3 is 0 Å². The lowest BCUT2D eigenvalue weighted by atomic mass is 9.88. The summed E-state index contributed by atoms with van der Waals surface area (Å²) >= 11 is 0. The minimum atomic E-state index is -0.535. The third-order valence-electron chi connectivity index (χ3n) is 7.07. The van der Waals surface area contributed by atoms with Gasteiger partial charge in [-0.3, -0.25) is 9.78 Å². The van der Waals surface area contributed by atoms with Crippen molar-refractivity contribution in [2.75, 3.05) is 25.0 Å². The molecule has 3 aliphatic rings. The first-order valence-corrected chi connectivity index (χ1v) is 11.3. The number of hydrogen-bond donors (Lipinski definition) is 1. The molecule has 7 heteroatoms. The maximum Gasteiger partial charge on any atom is 0.255 e. The van der Waals surface area contributed by atoms with Crippen molar-refractivity contribution in [3.63, 3.8) is 0 Å². The summed E-state index contributed by atoms with van der Waals surface area (Å²) in [7, 11) is 0. The average molecular weight is 410 g/mol. The molecule has 2 aromatic rings. The highest BCUT2D eigenvalue weighted by Gasteiger charge is 2.47. The number of anilines is 1. The Morgan fingerprint density at radius 3 is 2.80 bits per heavy atom. The van der Waals surface area contributed by atoms with E-state index in [1.165, 1.54) is 32.2 Å².